The molecule has 0 bridgehead atoms. The molecular formula is C27H18ClFN4O5. The smallest absolute Gasteiger partial charge is 0.289 e. The third-order valence-corrected chi connectivity index (χ3v) is 7.55. The molecule has 3 aromatic carbocycles. The Morgan fingerprint density at radius 1 is 1.00 bits per heavy atom. The first kappa shape index (κ1) is 23.8. The molecule has 0 aromatic heterocycles. The van der Waals surface area contributed by atoms with Crippen LogP contribution in [0.25, 0.3) is 6.08 Å². The first-order valence-electron chi connectivity index (χ1n) is 11.7. The quantitative estimate of drug-likeness (QED) is 0.300. The van der Waals surface area contributed by atoms with Gasteiger partial charge in [0.05, 0.1) is 28.5 Å². The number of nitro groups is 1. The molecule has 38 heavy (non-hydrogen) atoms. The average Bonchev–Trinajstić information content (AvgIpc) is 3.38. The summed E-state index contributed by atoms with van der Waals surface area (Å²) in [5, 5.41) is 13.9. The van der Waals surface area contributed by atoms with Crippen LogP contribution in [-0.2, 0) is 14.4 Å². The van der Waals surface area contributed by atoms with Gasteiger partial charge in [-0.3, -0.25) is 24.5 Å². The van der Waals surface area contributed by atoms with Gasteiger partial charge in [-0.2, -0.15) is 0 Å². The highest BCUT2D eigenvalue weighted by Gasteiger charge is 2.64. The second-order valence-electron chi connectivity index (χ2n) is 9.23. The number of nitro benzene ring substituents is 1. The van der Waals surface area contributed by atoms with Gasteiger partial charge in [0, 0.05) is 18.0 Å². The molecule has 6 rings (SSSR count). The van der Waals surface area contributed by atoms with Gasteiger partial charge in [0.2, 0.25) is 17.7 Å². The maximum absolute atomic E-state index is 13.8. The summed E-state index contributed by atoms with van der Waals surface area (Å²) < 4.78 is 13.6. The highest BCUT2D eigenvalue weighted by Crippen LogP contribution is 2.53. The van der Waals surface area contributed by atoms with Crippen LogP contribution < -0.4 is 10.2 Å². The fourth-order valence-electron chi connectivity index (χ4n) is 5.65. The fourth-order valence-corrected chi connectivity index (χ4v) is 5.83. The van der Waals surface area contributed by atoms with Gasteiger partial charge in [-0.25, -0.2) is 9.29 Å². The van der Waals surface area contributed by atoms with Gasteiger partial charge in [0.1, 0.15) is 16.9 Å². The highest BCUT2D eigenvalue weighted by molar-refractivity contribution is 6.32. The molecule has 0 unspecified atom stereocenters. The lowest BCUT2D eigenvalue weighted by molar-refractivity contribution is -0.384. The van der Waals surface area contributed by atoms with Crippen molar-refractivity contribution in [2.24, 2.45) is 11.8 Å². The molecule has 2 saturated heterocycles. The van der Waals surface area contributed by atoms with Gasteiger partial charge in [-0.05, 0) is 53.6 Å². The summed E-state index contributed by atoms with van der Waals surface area (Å²) in [6, 6.07) is 14.6. The van der Waals surface area contributed by atoms with Gasteiger partial charge in [-0.15, -0.1) is 0 Å². The van der Waals surface area contributed by atoms with Gasteiger partial charge in [0.25, 0.3) is 5.69 Å². The third kappa shape index (κ3) is 3.56. The van der Waals surface area contributed by atoms with E-state index in [0.717, 1.165) is 34.2 Å². The highest BCUT2D eigenvalue weighted by atomic mass is 35.5. The Balaban J connectivity index is 1.42. The lowest BCUT2D eigenvalue weighted by Crippen LogP contribution is -2.46. The minimum absolute atomic E-state index is 0.0870. The molecule has 0 radical (unpaired) electrons. The van der Waals surface area contributed by atoms with E-state index in [1.54, 1.807) is 11.1 Å². The predicted octanol–water partition coefficient (Wildman–Crippen LogP) is 4.54. The molecule has 190 valence electrons. The molecule has 1 N–H and O–H groups in total. The Kier molecular flexibility index (Phi) is 5.50. The Morgan fingerprint density at radius 3 is 2.45 bits per heavy atom. The number of rotatable bonds is 4. The number of benzene rings is 3. The second kappa shape index (κ2) is 8.77. The van der Waals surface area contributed by atoms with Crippen molar-refractivity contribution in [1.29, 1.82) is 0 Å². The zero-order valence-electron chi connectivity index (χ0n) is 19.5. The van der Waals surface area contributed by atoms with Crippen LogP contribution >= 0.6 is 11.6 Å². The van der Waals surface area contributed by atoms with Crippen LogP contribution in [0.4, 0.5) is 21.5 Å². The summed E-state index contributed by atoms with van der Waals surface area (Å²) >= 11 is 5.90. The molecule has 0 aliphatic carbocycles. The molecule has 3 aromatic rings. The van der Waals surface area contributed by atoms with Crippen molar-refractivity contribution in [3.05, 3.63) is 105 Å². The Morgan fingerprint density at radius 2 is 1.71 bits per heavy atom. The van der Waals surface area contributed by atoms with Crippen molar-refractivity contribution < 1.29 is 23.7 Å². The molecule has 11 heteroatoms. The number of hydrogen-bond donors (Lipinski definition) is 1. The number of anilines is 2. The molecule has 0 saturated carbocycles. The van der Waals surface area contributed by atoms with Crippen LogP contribution in [0.5, 0.6) is 0 Å². The number of fused-ring (bicyclic) bond motifs is 5. The molecule has 3 aliphatic heterocycles. The number of imide groups is 1. The summed E-state index contributed by atoms with van der Waals surface area (Å²) in [5.41, 5.74) is 1.62. The molecule has 9 nitrogen and oxygen atoms in total. The number of hydrogen-bond acceptors (Lipinski definition) is 6. The zero-order chi connectivity index (χ0) is 26.7. The number of carbonyl (C=O) groups excluding carboxylic acids is 3. The number of nitrogens with zero attached hydrogens (tertiary/aromatic N) is 3. The summed E-state index contributed by atoms with van der Waals surface area (Å²) in [7, 11) is 0. The van der Waals surface area contributed by atoms with Crippen LogP contribution in [-0.4, -0.2) is 33.6 Å². The lowest BCUT2D eigenvalue weighted by Gasteiger charge is -2.35. The van der Waals surface area contributed by atoms with Gasteiger partial charge in [0.15, 0.2) is 0 Å². The monoisotopic (exact) mass is 532 g/mol. The van der Waals surface area contributed by atoms with Gasteiger partial charge < -0.3 is 10.2 Å². The first-order chi connectivity index (χ1) is 18.3. The second-order valence-corrected chi connectivity index (χ2v) is 9.64. The maximum atomic E-state index is 13.8. The van der Waals surface area contributed by atoms with Crippen molar-refractivity contribution in [2.75, 3.05) is 10.2 Å². The minimum Gasteiger partial charge on any atom is -0.357 e. The zero-order valence-corrected chi connectivity index (χ0v) is 20.2. The van der Waals surface area contributed by atoms with E-state index in [1.807, 2.05) is 30.3 Å². The SMILES string of the molecule is O=C(Nc1ccc(Cl)c([N+](=O)[O-])c1)[C@@H]1[C@@H]2C(=O)N(c3ccc(F)cc3)C(=O)[C@H]2[C@H]2c3ccccc3C=CN12. The standard InChI is InChI=1S/C27H18ClFN4O5/c28-19-10-7-16(13-20(19)33(37)38)30-25(34)24-22-21(23-18-4-2-1-3-14(18)11-12-31(23)24)26(35)32(27(22)36)17-8-5-15(29)6-9-17/h1-13,21-24H,(H,30,34)/t21-,22-,23-,24+/m1/s1. The van der Waals surface area contributed by atoms with Gasteiger partial charge >= 0.3 is 0 Å². The topological polar surface area (TPSA) is 113 Å². The Labute approximate surface area is 220 Å². The van der Waals surface area contributed by atoms with Crippen LogP contribution in [0.1, 0.15) is 17.2 Å². The molecular weight excluding hydrogens is 515 g/mol. The summed E-state index contributed by atoms with van der Waals surface area (Å²) in [4.78, 5) is 54.6. The molecule has 4 atom stereocenters. The lowest BCUT2D eigenvalue weighted by atomic mass is 9.84. The van der Waals surface area contributed by atoms with E-state index in [0.29, 0.717) is 0 Å². The summed E-state index contributed by atoms with van der Waals surface area (Å²) in [6.07, 6.45) is 3.51. The van der Waals surface area contributed by atoms with E-state index < -0.39 is 52.4 Å². The largest absolute Gasteiger partial charge is 0.357 e. The predicted molar refractivity (Wildman–Crippen MR) is 136 cm³/mol. The Bertz CT molecular complexity index is 1560. The molecule has 3 heterocycles. The van der Waals surface area contributed by atoms with Crippen LogP contribution in [0.3, 0.4) is 0 Å². The summed E-state index contributed by atoms with van der Waals surface area (Å²) in [6.45, 7) is 0. The van der Waals surface area contributed by atoms with Crippen LogP contribution in [0.15, 0.2) is 72.9 Å². The van der Waals surface area contributed by atoms with E-state index in [4.69, 9.17) is 11.6 Å². The van der Waals surface area contributed by atoms with E-state index in [9.17, 15) is 28.9 Å². The summed E-state index contributed by atoms with van der Waals surface area (Å²) in [5.74, 6) is -4.10. The molecule has 2 fully saturated rings. The Hall–Kier alpha value is -4.57. The van der Waals surface area contributed by atoms with E-state index in [1.165, 1.54) is 24.3 Å². The molecule has 3 amide bonds. The number of nitrogens with one attached hydrogen (secondary N) is 1. The average molecular weight is 533 g/mol. The third-order valence-electron chi connectivity index (χ3n) is 7.23. The van der Waals surface area contributed by atoms with Crippen LogP contribution in [0, 0.1) is 27.8 Å². The normalized spacial score (nSPS) is 23.2. The molecule has 0 spiro atoms. The number of carbonyl (C=O) groups is 3. The number of amides is 3. The van der Waals surface area contributed by atoms with E-state index in [2.05, 4.69) is 5.32 Å². The minimum atomic E-state index is -1.09. The molecule has 3 aliphatic rings. The van der Waals surface area contributed by atoms with Crippen molar-refractivity contribution in [3.63, 3.8) is 0 Å². The van der Waals surface area contributed by atoms with Crippen molar-refractivity contribution >= 4 is 52.5 Å². The van der Waals surface area contributed by atoms with Crippen molar-refractivity contribution in [3.8, 4) is 0 Å². The first-order valence-corrected chi connectivity index (χ1v) is 12.1. The van der Waals surface area contributed by atoms with E-state index in [-0.39, 0.29) is 22.1 Å². The fraction of sp³-hybridized carbons (Fsp3) is 0.148. The van der Waals surface area contributed by atoms with Crippen LogP contribution in [0.2, 0.25) is 5.02 Å². The van der Waals surface area contributed by atoms with Gasteiger partial charge in [-0.1, -0.05) is 35.9 Å². The van der Waals surface area contributed by atoms with Crippen molar-refractivity contribution in [1.82, 2.24) is 4.90 Å². The van der Waals surface area contributed by atoms with E-state index >= 15 is 0 Å². The van der Waals surface area contributed by atoms with Crippen molar-refractivity contribution in [2.45, 2.75) is 12.1 Å². The maximum Gasteiger partial charge on any atom is 0.289 e. The number of halogens is 2.